The normalized spacial score (nSPS) is 23.5. The maximum absolute atomic E-state index is 5.53. The highest BCUT2D eigenvalue weighted by atomic mass is 16.3. The molecule has 0 radical (unpaired) electrons. The Bertz CT molecular complexity index is 632. The van der Waals surface area contributed by atoms with Crippen LogP contribution in [0, 0.1) is 5.41 Å². The fourth-order valence-corrected chi connectivity index (χ4v) is 4.62. The van der Waals surface area contributed by atoms with Crippen LogP contribution in [0.1, 0.15) is 37.0 Å². The number of likely N-dealkylation sites (tertiary alicyclic amines) is 1. The molecule has 1 spiro atoms. The second-order valence-electron chi connectivity index (χ2n) is 7.55. The first kappa shape index (κ1) is 15.9. The van der Waals surface area contributed by atoms with Crippen LogP contribution in [0.25, 0.3) is 0 Å². The van der Waals surface area contributed by atoms with Crippen molar-refractivity contribution in [3.63, 3.8) is 0 Å². The Kier molecular flexibility index (Phi) is 4.42. The summed E-state index contributed by atoms with van der Waals surface area (Å²) in [5.41, 5.74) is 1.86. The molecule has 4 rings (SSSR count). The molecule has 24 heavy (non-hydrogen) atoms. The van der Waals surface area contributed by atoms with Crippen molar-refractivity contribution >= 4 is 0 Å². The van der Waals surface area contributed by atoms with E-state index < -0.39 is 0 Å². The molecule has 1 aliphatic carbocycles. The Morgan fingerprint density at radius 1 is 1.25 bits per heavy atom. The predicted octanol–water partition coefficient (Wildman–Crippen LogP) is 3.55. The van der Waals surface area contributed by atoms with E-state index in [4.69, 9.17) is 4.42 Å². The minimum atomic E-state index is 0.535. The molecule has 1 aliphatic heterocycles. The van der Waals surface area contributed by atoms with Gasteiger partial charge in [-0.25, -0.2) is 0 Å². The molecule has 3 heterocycles. The van der Waals surface area contributed by atoms with Crippen LogP contribution < -0.4 is 0 Å². The summed E-state index contributed by atoms with van der Waals surface area (Å²) in [5.74, 6) is 1.08. The van der Waals surface area contributed by atoms with Gasteiger partial charge in [0.05, 0.1) is 12.8 Å². The topological polar surface area (TPSA) is 32.5 Å². The summed E-state index contributed by atoms with van der Waals surface area (Å²) >= 11 is 0. The molecule has 0 bridgehead atoms. The lowest BCUT2D eigenvalue weighted by molar-refractivity contribution is -0.0648. The van der Waals surface area contributed by atoms with E-state index in [-0.39, 0.29) is 0 Å². The zero-order chi connectivity index (χ0) is 16.4. The van der Waals surface area contributed by atoms with Crippen molar-refractivity contribution in [2.24, 2.45) is 5.41 Å². The molecule has 4 heteroatoms. The third kappa shape index (κ3) is 3.13. The number of aromatic nitrogens is 1. The molecule has 4 nitrogen and oxygen atoms in total. The first-order valence-electron chi connectivity index (χ1n) is 9.09. The summed E-state index contributed by atoms with van der Waals surface area (Å²) in [6.07, 6.45) is 11.0. The molecule has 2 aromatic heterocycles. The number of piperidine rings is 1. The largest absolute Gasteiger partial charge is 0.468 e. The summed E-state index contributed by atoms with van der Waals surface area (Å²) in [6.45, 7) is 4.38. The van der Waals surface area contributed by atoms with Crippen molar-refractivity contribution in [2.75, 3.05) is 20.1 Å². The number of rotatable bonds is 5. The molecule has 0 aromatic carbocycles. The van der Waals surface area contributed by atoms with Crippen molar-refractivity contribution in [3.05, 3.63) is 54.2 Å². The second kappa shape index (κ2) is 6.69. The third-order valence-electron chi connectivity index (χ3n) is 6.12. The lowest BCUT2D eigenvalue weighted by Crippen LogP contribution is -2.57. The molecular formula is C20H27N3O. The zero-order valence-corrected chi connectivity index (χ0v) is 14.5. The van der Waals surface area contributed by atoms with Gasteiger partial charge in [-0.15, -0.1) is 0 Å². The van der Waals surface area contributed by atoms with Crippen LogP contribution in [0.5, 0.6) is 0 Å². The highest BCUT2D eigenvalue weighted by Crippen LogP contribution is 2.51. The van der Waals surface area contributed by atoms with Gasteiger partial charge in [0, 0.05) is 25.0 Å². The number of hydrogen-bond acceptors (Lipinski definition) is 4. The van der Waals surface area contributed by atoms with Gasteiger partial charge in [0.15, 0.2) is 0 Å². The van der Waals surface area contributed by atoms with Gasteiger partial charge in [-0.1, -0.05) is 6.07 Å². The van der Waals surface area contributed by atoms with E-state index >= 15 is 0 Å². The maximum Gasteiger partial charge on any atom is 0.117 e. The smallest absolute Gasteiger partial charge is 0.117 e. The number of nitrogens with zero attached hydrogens (tertiary/aromatic N) is 3. The molecule has 1 saturated carbocycles. The fourth-order valence-electron chi connectivity index (χ4n) is 4.62. The van der Waals surface area contributed by atoms with Crippen molar-refractivity contribution < 1.29 is 4.42 Å². The van der Waals surface area contributed by atoms with Crippen LogP contribution >= 0.6 is 0 Å². The quantitative estimate of drug-likeness (QED) is 0.841. The van der Waals surface area contributed by atoms with E-state index in [0.717, 1.165) is 18.8 Å². The fraction of sp³-hybridized carbons (Fsp3) is 0.550. The summed E-state index contributed by atoms with van der Waals surface area (Å²) in [5, 5.41) is 0. The molecule has 1 saturated heterocycles. The van der Waals surface area contributed by atoms with E-state index in [1.165, 1.54) is 44.3 Å². The Morgan fingerprint density at radius 2 is 2.12 bits per heavy atom. The zero-order valence-electron chi connectivity index (χ0n) is 14.5. The maximum atomic E-state index is 5.53. The highest BCUT2D eigenvalue weighted by molar-refractivity contribution is 5.10. The minimum Gasteiger partial charge on any atom is -0.468 e. The molecule has 0 amide bonds. The summed E-state index contributed by atoms with van der Waals surface area (Å²) in [7, 11) is 2.26. The molecule has 128 valence electrons. The number of furan rings is 1. The average Bonchev–Trinajstić information content (AvgIpc) is 3.08. The lowest BCUT2D eigenvalue weighted by atomic mass is 9.58. The van der Waals surface area contributed by atoms with Gasteiger partial charge in [0.2, 0.25) is 0 Å². The molecule has 2 fully saturated rings. The van der Waals surface area contributed by atoms with Crippen LogP contribution in [-0.2, 0) is 13.1 Å². The Morgan fingerprint density at radius 3 is 2.75 bits per heavy atom. The number of pyridine rings is 1. The van der Waals surface area contributed by atoms with Gasteiger partial charge in [0.1, 0.15) is 5.76 Å². The van der Waals surface area contributed by atoms with E-state index in [2.05, 4.69) is 34.0 Å². The molecule has 2 aromatic rings. The molecule has 1 atom stereocenters. The van der Waals surface area contributed by atoms with E-state index in [1.54, 1.807) is 6.26 Å². The van der Waals surface area contributed by atoms with Gasteiger partial charge < -0.3 is 4.42 Å². The first-order valence-corrected chi connectivity index (χ1v) is 9.09. The SMILES string of the molecule is CN(Cc1ccco1)[C@@H]1CCC12CCN(Cc1cccnc1)CC2. The van der Waals surface area contributed by atoms with Crippen molar-refractivity contribution in [1.29, 1.82) is 0 Å². The average molecular weight is 325 g/mol. The van der Waals surface area contributed by atoms with Gasteiger partial charge >= 0.3 is 0 Å². The molecule has 0 unspecified atom stereocenters. The molecule has 2 aliphatic rings. The third-order valence-corrected chi connectivity index (χ3v) is 6.12. The lowest BCUT2D eigenvalue weighted by Gasteiger charge is -2.57. The van der Waals surface area contributed by atoms with Gasteiger partial charge in [-0.3, -0.25) is 14.8 Å². The predicted molar refractivity (Wildman–Crippen MR) is 94.4 cm³/mol. The van der Waals surface area contributed by atoms with Crippen LogP contribution in [0.3, 0.4) is 0 Å². The first-order chi connectivity index (χ1) is 11.8. The van der Waals surface area contributed by atoms with Gasteiger partial charge in [-0.2, -0.15) is 0 Å². The molecular weight excluding hydrogens is 298 g/mol. The Labute approximate surface area is 144 Å². The summed E-state index contributed by atoms with van der Waals surface area (Å²) < 4.78 is 5.53. The number of hydrogen-bond donors (Lipinski definition) is 0. The van der Waals surface area contributed by atoms with E-state index in [0.29, 0.717) is 11.5 Å². The van der Waals surface area contributed by atoms with Crippen molar-refractivity contribution in [2.45, 2.75) is 44.8 Å². The Hall–Kier alpha value is -1.65. The summed E-state index contributed by atoms with van der Waals surface area (Å²) in [4.78, 5) is 9.34. The van der Waals surface area contributed by atoms with Crippen LogP contribution in [0.2, 0.25) is 0 Å². The standard InChI is InChI=1S/C20H27N3O/c1-22(16-18-5-3-13-24-18)19-6-7-20(19)8-11-23(12-9-20)15-17-4-2-10-21-14-17/h2-5,10,13-14,19H,6-9,11-12,15-16H2,1H3/t19-/m1/s1. The van der Waals surface area contributed by atoms with E-state index in [9.17, 15) is 0 Å². The monoisotopic (exact) mass is 325 g/mol. The van der Waals surface area contributed by atoms with E-state index in [1.807, 2.05) is 24.5 Å². The Balaban J connectivity index is 1.32. The molecule has 0 N–H and O–H groups in total. The van der Waals surface area contributed by atoms with Crippen LogP contribution in [-0.4, -0.2) is 41.0 Å². The van der Waals surface area contributed by atoms with Crippen molar-refractivity contribution in [3.8, 4) is 0 Å². The minimum absolute atomic E-state index is 0.535. The second-order valence-corrected chi connectivity index (χ2v) is 7.55. The summed E-state index contributed by atoms with van der Waals surface area (Å²) in [6, 6.07) is 8.99. The highest BCUT2D eigenvalue weighted by Gasteiger charge is 2.49. The van der Waals surface area contributed by atoms with Gasteiger partial charge in [0.25, 0.3) is 0 Å². The van der Waals surface area contributed by atoms with Crippen LogP contribution in [0.15, 0.2) is 47.3 Å². The van der Waals surface area contributed by atoms with Gasteiger partial charge in [-0.05, 0) is 75.0 Å². The van der Waals surface area contributed by atoms with Crippen molar-refractivity contribution in [1.82, 2.24) is 14.8 Å². The van der Waals surface area contributed by atoms with Crippen LogP contribution in [0.4, 0.5) is 0 Å².